The summed E-state index contributed by atoms with van der Waals surface area (Å²) in [6, 6.07) is 0. The highest BCUT2D eigenvalue weighted by molar-refractivity contribution is 8.37. The monoisotopic (exact) mass is 112 g/mol. The van der Waals surface area contributed by atoms with E-state index >= 15 is 0 Å². The van der Waals surface area contributed by atoms with Crippen LogP contribution < -0.4 is 0 Å². The third-order valence-electron chi connectivity index (χ3n) is 0. The van der Waals surface area contributed by atoms with E-state index in [1.54, 1.807) is 8.44 Å². The van der Waals surface area contributed by atoms with E-state index in [2.05, 4.69) is 0 Å². The molecule has 0 radical (unpaired) electrons. The lowest BCUT2D eigenvalue weighted by atomic mass is 12.0. The highest BCUT2D eigenvalue weighted by Crippen LogP contribution is 1.89. The first kappa shape index (κ1) is 5.38. The van der Waals surface area contributed by atoms with Gasteiger partial charge >= 0.3 is 0 Å². The van der Waals surface area contributed by atoms with Gasteiger partial charge in [-0.1, -0.05) is 0 Å². The van der Waals surface area contributed by atoms with Crippen LogP contribution in [0.15, 0.2) is 0 Å². The summed E-state index contributed by atoms with van der Waals surface area (Å²) in [5, 5.41) is 0. The average molecular weight is 112 g/mol. The topological polar surface area (TPSA) is 34.1 Å². The zero-order valence-electron chi connectivity index (χ0n) is 2.80. The number of hydrogen-bond acceptors (Lipinski definition) is 2. The fraction of sp³-hybridized carbons (Fsp3) is 1.00. The van der Waals surface area contributed by atoms with E-state index < -0.39 is 9.46 Å². The number of rotatable bonds is 0. The fourth-order valence-electron chi connectivity index (χ4n) is 0. The van der Waals surface area contributed by atoms with Gasteiger partial charge in [0.1, 0.15) is 0 Å². The Morgan fingerprint density at radius 3 is 1.60 bits per heavy atom. The molecule has 0 aliphatic rings. The van der Waals surface area contributed by atoms with Crippen LogP contribution in [0.1, 0.15) is 0 Å². The van der Waals surface area contributed by atoms with Crippen molar-refractivity contribution >= 4 is 17.9 Å². The molecule has 1 unspecified atom stereocenters. The van der Waals surface area contributed by atoms with Gasteiger partial charge in [-0.15, -0.1) is 0 Å². The summed E-state index contributed by atoms with van der Waals surface area (Å²) >= 11 is 0. The standard InChI is InChI=1S/CH5O2PS/c1-5(2,3)4/h4H2,1H3. The van der Waals surface area contributed by atoms with E-state index in [4.69, 9.17) is 0 Å². The van der Waals surface area contributed by atoms with Gasteiger partial charge in [-0.2, -0.15) is 0 Å². The lowest BCUT2D eigenvalue weighted by Gasteiger charge is -1.69. The van der Waals surface area contributed by atoms with Crippen LogP contribution in [0.25, 0.3) is 0 Å². The second-order valence-electron chi connectivity index (χ2n) is 0.830. The summed E-state index contributed by atoms with van der Waals surface area (Å²) in [4.78, 5) is 0. The predicted molar refractivity (Wildman–Crippen MR) is 24.6 cm³/mol. The molecule has 0 saturated carbocycles. The molecule has 0 saturated heterocycles. The summed E-state index contributed by atoms with van der Waals surface area (Å²) in [7, 11) is -1.06. The van der Waals surface area contributed by atoms with E-state index in [9.17, 15) is 8.42 Å². The van der Waals surface area contributed by atoms with Crippen LogP contribution in [0.4, 0.5) is 0 Å². The van der Waals surface area contributed by atoms with E-state index in [0.29, 0.717) is 0 Å². The van der Waals surface area contributed by atoms with Crippen molar-refractivity contribution < 1.29 is 8.42 Å². The van der Waals surface area contributed by atoms with Crippen molar-refractivity contribution in [2.24, 2.45) is 0 Å². The van der Waals surface area contributed by atoms with Crippen LogP contribution in [-0.4, -0.2) is 14.7 Å². The molecule has 32 valence electrons. The molecule has 0 aliphatic heterocycles. The zero-order valence-corrected chi connectivity index (χ0v) is 4.77. The summed E-state index contributed by atoms with van der Waals surface area (Å²) in [6.45, 7) is 0. The van der Waals surface area contributed by atoms with Crippen molar-refractivity contribution in [2.45, 2.75) is 0 Å². The van der Waals surface area contributed by atoms with Crippen LogP contribution in [0.3, 0.4) is 0 Å². The largest absolute Gasteiger partial charge is 0.226 e. The summed E-state index contributed by atoms with van der Waals surface area (Å²) in [5.74, 6) is 0. The molecular formula is CH5O2PS. The van der Waals surface area contributed by atoms with E-state index in [1.165, 1.54) is 0 Å². The van der Waals surface area contributed by atoms with Crippen LogP contribution in [-0.2, 0) is 9.46 Å². The van der Waals surface area contributed by atoms with Gasteiger partial charge in [0.25, 0.3) is 0 Å². The molecule has 0 heterocycles. The number of hydrogen-bond donors (Lipinski definition) is 0. The Hall–Kier alpha value is 0.380. The Labute approximate surface area is 33.4 Å². The molecule has 0 spiro atoms. The van der Waals surface area contributed by atoms with Gasteiger partial charge in [-0.25, -0.2) is 8.42 Å². The summed E-state index contributed by atoms with van der Waals surface area (Å²) in [5.41, 5.74) is 0. The van der Waals surface area contributed by atoms with Crippen LogP contribution in [0, 0.1) is 0 Å². The molecule has 0 aliphatic carbocycles. The van der Waals surface area contributed by atoms with Crippen molar-refractivity contribution in [1.29, 1.82) is 0 Å². The molecule has 0 aromatic carbocycles. The van der Waals surface area contributed by atoms with Gasteiger partial charge < -0.3 is 0 Å². The quantitative estimate of drug-likeness (QED) is 0.407. The molecule has 4 heteroatoms. The molecule has 1 atom stereocenters. The van der Waals surface area contributed by atoms with E-state index in [1.807, 2.05) is 0 Å². The maximum atomic E-state index is 9.59. The predicted octanol–water partition coefficient (Wildman–Crippen LogP) is -0.179. The normalized spacial score (nSPS) is 11.6. The van der Waals surface area contributed by atoms with Gasteiger partial charge in [-0.3, -0.25) is 0 Å². The lowest BCUT2D eigenvalue weighted by molar-refractivity contribution is 0.615. The smallest absolute Gasteiger partial charge is 0.158 e. The molecule has 0 fully saturated rings. The first-order valence-electron chi connectivity index (χ1n) is 0.977. The van der Waals surface area contributed by atoms with Crippen molar-refractivity contribution in [3.63, 3.8) is 0 Å². The first-order chi connectivity index (χ1) is 2.00. The SMILES string of the molecule is CS(=O)(=O)P. The maximum Gasteiger partial charge on any atom is 0.158 e. The van der Waals surface area contributed by atoms with Gasteiger partial charge in [0.05, 0.1) is 0 Å². The minimum atomic E-state index is -2.75. The van der Waals surface area contributed by atoms with Crippen LogP contribution in [0.2, 0.25) is 0 Å². The molecule has 0 aromatic rings. The van der Waals surface area contributed by atoms with Crippen LogP contribution >= 0.6 is 8.44 Å². The molecule has 0 bridgehead atoms. The van der Waals surface area contributed by atoms with Gasteiger partial charge in [0, 0.05) is 6.26 Å². The van der Waals surface area contributed by atoms with Crippen molar-refractivity contribution in [1.82, 2.24) is 0 Å². The minimum Gasteiger partial charge on any atom is -0.226 e. The maximum absolute atomic E-state index is 9.59. The molecule has 0 N–H and O–H groups in total. The molecule has 0 amide bonds. The van der Waals surface area contributed by atoms with Crippen molar-refractivity contribution in [3.05, 3.63) is 0 Å². The van der Waals surface area contributed by atoms with Gasteiger partial charge in [-0.05, 0) is 8.44 Å². The Morgan fingerprint density at radius 2 is 1.60 bits per heavy atom. The summed E-state index contributed by atoms with van der Waals surface area (Å²) < 4.78 is 19.2. The van der Waals surface area contributed by atoms with Gasteiger partial charge in [0.2, 0.25) is 0 Å². The van der Waals surface area contributed by atoms with Crippen LogP contribution in [0.5, 0.6) is 0 Å². The highest BCUT2D eigenvalue weighted by Gasteiger charge is 1.79. The van der Waals surface area contributed by atoms with E-state index in [0.717, 1.165) is 6.26 Å². The van der Waals surface area contributed by atoms with Crippen molar-refractivity contribution in [3.8, 4) is 0 Å². The fourth-order valence-corrected chi connectivity index (χ4v) is 0. The molecular weight excluding hydrogens is 107 g/mol. The minimum absolute atomic E-state index is 1.12. The summed E-state index contributed by atoms with van der Waals surface area (Å²) in [6.07, 6.45) is 1.12. The Kier molecular flexibility index (Phi) is 1.32. The Morgan fingerprint density at radius 1 is 1.60 bits per heavy atom. The average Bonchev–Trinajstić information content (AvgIpc) is 0.722. The Bertz CT molecular complexity index is 92.8. The molecule has 2 nitrogen and oxygen atoms in total. The second kappa shape index (κ2) is 1.23. The van der Waals surface area contributed by atoms with Crippen molar-refractivity contribution in [2.75, 3.05) is 6.26 Å². The highest BCUT2D eigenvalue weighted by atomic mass is 32.7. The van der Waals surface area contributed by atoms with E-state index in [-0.39, 0.29) is 0 Å². The lowest BCUT2D eigenvalue weighted by Crippen LogP contribution is -1.74. The molecule has 0 rings (SSSR count). The second-order valence-corrected chi connectivity index (χ2v) is 5.06. The zero-order chi connectivity index (χ0) is 4.50. The molecule has 0 aromatic heterocycles. The third kappa shape index (κ3) is 172. The third-order valence-corrected chi connectivity index (χ3v) is 0. The van der Waals surface area contributed by atoms with Gasteiger partial charge in [0.15, 0.2) is 9.46 Å². The molecule has 5 heavy (non-hydrogen) atoms. The Balaban J connectivity index is 4.06. The first-order valence-corrected chi connectivity index (χ1v) is 4.35.